The van der Waals surface area contributed by atoms with Crippen LogP contribution in [-0.2, 0) is 9.47 Å². The number of rotatable bonds is 2. The molecule has 0 heterocycles. The molecule has 0 fully saturated rings. The fourth-order valence-corrected chi connectivity index (χ4v) is 2.52. The second kappa shape index (κ2) is 4.49. The number of carbonyl (C=O) groups is 2. The summed E-state index contributed by atoms with van der Waals surface area (Å²) in [5.74, 6) is -0.734. The molecule has 0 bridgehead atoms. The molecule has 4 nitrogen and oxygen atoms in total. The summed E-state index contributed by atoms with van der Waals surface area (Å²) in [5.41, 5.74) is 0.733. The molecule has 100 valence electrons. The van der Waals surface area contributed by atoms with Crippen molar-refractivity contribution in [1.82, 2.24) is 0 Å². The Morgan fingerprint density at radius 3 is 2.15 bits per heavy atom. The molecular formula is C16H12O4. The molecular weight excluding hydrogens is 256 g/mol. The van der Waals surface area contributed by atoms with Crippen molar-refractivity contribution in [3.63, 3.8) is 0 Å². The second-order valence-corrected chi connectivity index (χ2v) is 4.43. The maximum absolute atomic E-state index is 12.6. The van der Waals surface area contributed by atoms with Crippen LogP contribution >= 0.6 is 0 Å². The third-order valence-electron chi connectivity index (χ3n) is 3.43. The van der Waals surface area contributed by atoms with Gasteiger partial charge in [0.25, 0.3) is 0 Å². The smallest absolute Gasteiger partial charge is 0.232 e. The Morgan fingerprint density at radius 1 is 0.800 bits per heavy atom. The number of ketones is 2. The van der Waals surface area contributed by atoms with Crippen molar-refractivity contribution < 1.29 is 19.1 Å². The Labute approximate surface area is 115 Å². The molecule has 0 radical (unpaired) electrons. The Balaban J connectivity index is 2.38. The largest absolute Gasteiger partial charge is 0.489 e. The molecule has 0 unspecified atom stereocenters. The summed E-state index contributed by atoms with van der Waals surface area (Å²) < 4.78 is 10.1. The van der Waals surface area contributed by atoms with Crippen molar-refractivity contribution in [3.8, 4) is 0 Å². The Hall–Kier alpha value is -2.62. The first-order valence-electron chi connectivity index (χ1n) is 6.12. The summed E-state index contributed by atoms with van der Waals surface area (Å²) in [5, 5.41) is 1.65. The fourth-order valence-electron chi connectivity index (χ4n) is 2.52. The number of Topliss-reactive ketones (excluding diaryl/α,β-unsaturated/α-hetero) is 2. The summed E-state index contributed by atoms with van der Waals surface area (Å²) in [6.07, 6.45) is 0. The first-order valence-corrected chi connectivity index (χ1v) is 6.12. The first kappa shape index (κ1) is 12.4. The van der Waals surface area contributed by atoms with Crippen LogP contribution < -0.4 is 0 Å². The standard InChI is InChI=1S/C16H12O4/c1-19-15-13(17)11-8-7-9-5-3-4-6-10(9)12(11)14(18)16(15)20-2/h3-8H,1-2H3. The van der Waals surface area contributed by atoms with Gasteiger partial charge in [-0.1, -0.05) is 30.3 Å². The number of carbonyl (C=O) groups excluding carboxylic acids is 2. The van der Waals surface area contributed by atoms with E-state index in [1.54, 1.807) is 6.07 Å². The van der Waals surface area contributed by atoms with E-state index >= 15 is 0 Å². The molecule has 3 rings (SSSR count). The third-order valence-corrected chi connectivity index (χ3v) is 3.43. The van der Waals surface area contributed by atoms with Crippen molar-refractivity contribution in [1.29, 1.82) is 0 Å². The molecule has 0 N–H and O–H groups in total. The summed E-state index contributed by atoms with van der Waals surface area (Å²) in [6, 6.07) is 10.9. The molecule has 0 saturated heterocycles. The van der Waals surface area contributed by atoms with Gasteiger partial charge in [0, 0.05) is 11.1 Å². The van der Waals surface area contributed by atoms with Gasteiger partial charge in [-0.2, -0.15) is 0 Å². The average molecular weight is 268 g/mol. The van der Waals surface area contributed by atoms with Crippen molar-refractivity contribution in [2.24, 2.45) is 0 Å². The number of fused-ring (bicyclic) bond motifs is 3. The van der Waals surface area contributed by atoms with Crippen molar-refractivity contribution >= 4 is 22.3 Å². The molecule has 2 aromatic rings. The number of hydrogen-bond acceptors (Lipinski definition) is 4. The van der Waals surface area contributed by atoms with E-state index in [9.17, 15) is 9.59 Å². The minimum atomic E-state index is -0.329. The van der Waals surface area contributed by atoms with Crippen LogP contribution in [0.2, 0.25) is 0 Å². The molecule has 0 aliphatic heterocycles. The van der Waals surface area contributed by atoms with Crippen LogP contribution in [0.15, 0.2) is 47.9 Å². The van der Waals surface area contributed by atoms with E-state index in [1.807, 2.05) is 30.3 Å². The lowest BCUT2D eigenvalue weighted by molar-refractivity contribution is 0.0830. The molecule has 20 heavy (non-hydrogen) atoms. The third kappa shape index (κ3) is 1.54. The zero-order valence-electron chi connectivity index (χ0n) is 11.1. The number of hydrogen-bond donors (Lipinski definition) is 0. The minimum Gasteiger partial charge on any atom is -0.489 e. The van der Waals surface area contributed by atoms with Gasteiger partial charge in [0.15, 0.2) is 0 Å². The molecule has 1 aliphatic rings. The van der Waals surface area contributed by atoms with Gasteiger partial charge in [-0.05, 0) is 16.8 Å². The van der Waals surface area contributed by atoms with E-state index in [2.05, 4.69) is 0 Å². The van der Waals surface area contributed by atoms with E-state index in [-0.39, 0.29) is 23.1 Å². The van der Waals surface area contributed by atoms with Gasteiger partial charge in [-0.25, -0.2) is 0 Å². The Bertz CT molecular complexity index is 771. The van der Waals surface area contributed by atoms with Crippen molar-refractivity contribution in [2.45, 2.75) is 0 Å². The highest BCUT2D eigenvalue weighted by atomic mass is 16.5. The molecule has 4 heteroatoms. The molecule has 0 saturated carbocycles. The van der Waals surface area contributed by atoms with E-state index in [4.69, 9.17) is 9.47 Å². The van der Waals surface area contributed by atoms with Crippen LogP contribution in [0.1, 0.15) is 20.7 Å². The topological polar surface area (TPSA) is 52.6 Å². The van der Waals surface area contributed by atoms with Crippen molar-refractivity contribution in [3.05, 3.63) is 59.0 Å². The number of benzene rings is 2. The predicted molar refractivity (Wildman–Crippen MR) is 73.7 cm³/mol. The van der Waals surface area contributed by atoms with Crippen LogP contribution in [0, 0.1) is 0 Å². The normalized spacial score (nSPS) is 14.5. The Morgan fingerprint density at radius 2 is 1.45 bits per heavy atom. The number of allylic oxidation sites excluding steroid dienone is 2. The average Bonchev–Trinajstić information content (AvgIpc) is 2.49. The van der Waals surface area contributed by atoms with Crippen LogP contribution in [0.3, 0.4) is 0 Å². The highest BCUT2D eigenvalue weighted by Crippen LogP contribution is 2.32. The lowest BCUT2D eigenvalue weighted by Gasteiger charge is -2.20. The highest BCUT2D eigenvalue weighted by molar-refractivity contribution is 6.29. The second-order valence-electron chi connectivity index (χ2n) is 4.43. The van der Waals surface area contributed by atoms with Gasteiger partial charge < -0.3 is 9.47 Å². The first-order chi connectivity index (χ1) is 9.69. The molecule has 1 aliphatic carbocycles. The molecule has 2 aromatic carbocycles. The van der Waals surface area contributed by atoms with E-state index in [1.165, 1.54) is 14.2 Å². The van der Waals surface area contributed by atoms with Crippen LogP contribution in [0.25, 0.3) is 10.8 Å². The lowest BCUT2D eigenvalue weighted by atomic mass is 9.88. The molecule has 0 spiro atoms. The lowest BCUT2D eigenvalue weighted by Crippen LogP contribution is -2.24. The minimum absolute atomic E-state index is 0.0404. The van der Waals surface area contributed by atoms with Gasteiger partial charge in [-0.3, -0.25) is 9.59 Å². The number of methoxy groups -OCH3 is 2. The van der Waals surface area contributed by atoms with Crippen molar-refractivity contribution in [2.75, 3.05) is 14.2 Å². The van der Waals surface area contributed by atoms with Gasteiger partial charge in [-0.15, -0.1) is 0 Å². The Kier molecular flexibility index (Phi) is 2.79. The predicted octanol–water partition coefficient (Wildman–Crippen LogP) is 2.72. The SMILES string of the molecule is COC1=C(OC)C(=O)c2c(ccc3ccccc23)C1=O. The van der Waals surface area contributed by atoms with E-state index < -0.39 is 0 Å². The summed E-state index contributed by atoms with van der Waals surface area (Å²) in [4.78, 5) is 25.0. The van der Waals surface area contributed by atoms with Crippen LogP contribution in [0.4, 0.5) is 0 Å². The zero-order chi connectivity index (χ0) is 14.3. The number of ether oxygens (including phenoxy) is 2. The van der Waals surface area contributed by atoms with Crippen LogP contribution in [0.5, 0.6) is 0 Å². The molecule has 0 amide bonds. The maximum Gasteiger partial charge on any atom is 0.232 e. The van der Waals surface area contributed by atoms with Gasteiger partial charge in [0.05, 0.1) is 14.2 Å². The maximum atomic E-state index is 12.6. The van der Waals surface area contributed by atoms with Crippen LogP contribution in [-0.4, -0.2) is 25.8 Å². The monoisotopic (exact) mass is 268 g/mol. The zero-order valence-corrected chi connectivity index (χ0v) is 11.1. The highest BCUT2D eigenvalue weighted by Gasteiger charge is 2.35. The summed E-state index contributed by atoms with van der Waals surface area (Å²) >= 11 is 0. The van der Waals surface area contributed by atoms with Gasteiger partial charge in [0.1, 0.15) is 0 Å². The quantitative estimate of drug-likeness (QED) is 0.840. The van der Waals surface area contributed by atoms with Gasteiger partial charge >= 0.3 is 0 Å². The van der Waals surface area contributed by atoms with Gasteiger partial charge in [0.2, 0.25) is 23.1 Å². The molecule has 0 atom stereocenters. The summed E-state index contributed by atoms with van der Waals surface area (Å²) in [7, 11) is 2.71. The van der Waals surface area contributed by atoms with E-state index in [0.717, 1.165) is 10.8 Å². The molecule has 0 aromatic heterocycles. The summed E-state index contributed by atoms with van der Waals surface area (Å²) in [6.45, 7) is 0. The fraction of sp³-hybridized carbons (Fsp3) is 0.125. The van der Waals surface area contributed by atoms with E-state index in [0.29, 0.717) is 11.1 Å².